The van der Waals surface area contributed by atoms with Crippen molar-refractivity contribution in [1.29, 1.82) is 0 Å². The van der Waals surface area contributed by atoms with Crippen LogP contribution in [0.1, 0.15) is 15.9 Å². The minimum absolute atomic E-state index is 0.263. The summed E-state index contributed by atoms with van der Waals surface area (Å²) in [6.07, 6.45) is 0.804. The lowest BCUT2D eigenvalue weighted by molar-refractivity contribution is 0.0789. The zero-order valence-corrected chi connectivity index (χ0v) is 15.3. The van der Waals surface area contributed by atoms with Crippen molar-refractivity contribution >= 4 is 21.6 Å². The summed E-state index contributed by atoms with van der Waals surface area (Å²) in [7, 11) is -3.36. The van der Waals surface area contributed by atoms with E-state index in [-0.39, 0.29) is 12.0 Å². The van der Waals surface area contributed by atoms with Crippen LogP contribution < -0.4 is 19.5 Å². The molecule has 7 nitrogen and oxygen atoms in total. The lowest BCUT2D eigenvalue weighted by atomic mass is 10.1. The van der Waals surface area contributed by atoms with Crippen molar-refractivity contribution in [1.82, 2.24) is 5.32 Å². The smallest absolute Gasteiger partial charge is 0.251 e. The molecule has 0 saturated carbocycles. The standard InChI is InChI=1S/C18H20N2O5S/c1-12-9-13(7-8-15(12)20-26(2,22)23)18(21)19-10-14-11-24-16-5-3-4-6-17(16)25-14/h3-9,14,20H,10-11H2,1-2H3,(H,19,21). The molecule has 1 aliphatic heterocycles. The van der Waals surface area contributed by atoms with E-state index >= 15 is 0 Å². The number of carbonyl (C=O) groups excluding carboxylic acids is 1. The summed E-state index contributed by atoms with van der Waals surface area (Å²) in [6, 6.07) is 12.2. The summed E-state index contributed by atoms with van der Waals surface area (Å²) >= 11 is 0. The molecule has 0 radical (unpaired) electrons. The van der Waals surface area contributed by atoms with Gasteiger partial charge in [0.25, 0.3) is 5.91 Å². The van der Waals surface area contributed by atoms with E-state index in [1.54, 1.807) is 25.1 Å². The van der Waals surface area contributed by atoms with Crippen LogP contribution in [0.2, 0.25) is 0 Å². The molecule has 1 heterocycles. The number of rotatable bonds is 5. The number of nitrogens with one attached hydrogen (secondary N) is 2. The number of hydrogen-bond donors (Lipinski definition) is 2. The molecule has 2 aromatic rings. The number of benzene rings is 2. The summed E-state index contributed by atoms with van der Waals surface area (Å²) in [5.41, 5.74) is 1.55. The maximum Gasteiger partial charge on any atom is 0.251 e. The van der Waals surface area contributed by atoms with Crippen LogP contribution in [0.5, 0.6) is 11.5 Å². The highest BCUT2D eigenvalue weighted by atomic mass is 32.2. The number of hydrogen-bond acceptors (Lipinski definition) is 5. The van der Waals surface area contributed by atoms with Crippen LogP contribution in [0.3, 0.4) is 0 Å². The molecule has 1 unspecified atom stereocenters. The van der Waals surface area contributed by atoms with Crippen LogP contribution in [-0.2, 0) is 10.0 Å². The quantitative estimate of drug-likeness (QED) is 0.832. The first kappa shape index (κ1) is 18.1. The van der Waals surface area contributed by atoms with Crippen molar-refractivity contribution in [2.75, 3.05) is 24.1 Å². The lowest BCUT2D eigenvalue weighted by Crippen LogP contribution is -2.40. The van der Waals surface area contributed by atoms with Gasteiger partial charge in [-0.05, 0) is 42.8 Å². The second-order valence-corrected chi connectivity index (χ2v) is 7.86. The average molecular weight is 376 g/mol. The molecule has 0 fully saturated rings. The van der Waals surface area contributed by atoms with E-state index in [1.807, 2.05) is 24.3 Å². The molecule has 26 heavy (non-hydrogen) atoms. The maximum absolute atomic E-state index is 12.3. The molecule has 138 valence electrons. The SMILES string of the molecule is Cc1cc(C(=O)NCC2COc3ccccc3O2)ccc1NS(C)(=O)=O. The lowest BCUT2D eigenvalue weighted by Gasteiger charge is -2.26. The number of fused-ring (bicyclic) bond motifs is 1. The normalized spacial score (nSPS) is 16.0. The predicted molar refractivity (Wildman–Crippen MR) is 98.3 cm³/mol. The van der Waals surface area contributed by atoms with Gasteiger partial charge in [-0.15, -0.1) is 0 Å². The highest BCUT2D eigenvalue weighted by Crippen LogP contribution is 2.30. The fourth-order valence-electron chi connectivity index (χ4n) is 2.59. The van der Waals surface area contributed by atoms with Gasteiger partial charge in [-0.25, -0.2) is 8.42 Å². The van der Waals surface area contributed by atoms with Crippen molar-refractivity contribution in [3.8, 4) is 11.5 Å². The first-order chi connectivity index (χ1) is 12.3. The first-order valence-electron chi connectivity index (χ1n) is 8.07. The van der Waals surface area contributed by atoms with Gasteiger partial charge in [0.15, 0.2) is 11.5 Å². The minimum atomic E-state index is -3.36. The first-order valence-corrected chi connectivity index (χ1v) is 9.96. The molecule has 3 rings (SSSR count). The number of aryl methyl sites for hydroxylation is 1. The monoisotopic (exact) mass is 376 g/mol. The Morgan fingerprint density at radius 1 is 1.19 bits per heavy atom. The van der Waals surface area contributed by atoms with Crippen molar-refractivity contribution in [2.45, 2.75) is 13.0 Å². The van der Waals surface area contributed by atoms with Gasteiger partial charge in [-0.3, -0.25) is 9.52 Å². The fourth-order valence-corrected chi connectivity index (χ4v) is 3.22. The molecular weight excluding hydrogens is 356 g/mol. The average Bonchev–Trinajstić information content (AvgIpc) is 2.60. The molecule has 1 aliphatic rings. The van der Waals surface area contributed by atoms with Crippen LogP contribution >= 0.6 is 0 Å². The van der Waals surface area contributed by atoms with E-state index in [1.165, 1.54) is 0 Å². The predicted octanol–water partition coefficient (Wildman–Crippen LogP) is 1.94. The van der Waals surface area contributed by atoms with E-state index in [0.29, 0.717) is 41.5 Å². The van der Waals surface area contributed by atoms with Crippen LogP contribution in [0.4, 0.5) is 5.69 Å². The minimum Gasteiger partial charge on any atom is -0.486 e. The highest BCUT2D eigenvalue weighted by molar-refractivity contribution is 7.92. The van der Waals surface area contributed by atoms with Crippen molar-refractivity contribution in [3.05, 3.63) is 53.6 Å². The zero-order valence-electron chi connectivity index (χ0n) is 14.5. The second kappa shape index (κ2) is 7.25. The molecule has 1 amide bonds. The molecule has 2 aromatic carbocycles. The maximum atomic E-state index is 12.3. The second-order valence-electron chi connectivity index (χ2n) is 6.11. The number of ether oxygens (including phenoxy) is 2. The fraction of sp³-hybridized carbons (Fsp3) is 0.278. The van der Waals surface area contributed by atoms with Gasteiger partial charge in [-0.1, -0.05) is 12.1 Å². The number of sulfonamides is 1. The van der Waals surface area contributed by atoms with Crippen LogP contribution in [-0.4, -0.2) is 39.8 Å². The van der Waals surface area contributed by atoms with Crippen LogP contribution in [0, 0.1) is 6.92 Å². The van der Waals surface area contributed by atoms with Crippen LogP contribution in [0.25, 0.3) is 0 Å². The molecule has 1 atom stereocenters. The van der Waals surface area contributed by atoms with Crippen molar-refractivity contribution < 1.29 is 22.7 Å². The third-order valence-electron chi connectivity index (χ3n) is 3.84. The number of anilines is 1. The van der Waals surface area contributed by atoms with Gasteiger partial charge in [0.05, 0.1) is 18.5 Å². The van der Waals surface area contributed by atoms with Gasteiger partial charge in [0, 0.05) is 5.56 Å². The largest absolute Gasteiger partial charge is 0.486 e. The molecular formula is C18H20N2O5S. The van der Waals surface area contributed by atoms with E-state index in [0.717, 1.165) is 6.26 Å². The Hall–Kier alpha value is -2.74. The Kier molecular flexibility index (Phi) is 5.03. The summed E-state index contributed by atoms with van der Waals surface area (Å²) in [5.74, 6) is 1.09. The van der Waals surface area contributed by atoms with Gasteiger partial charge in [0.2, 0.25) is 10.0 Å². The molecule has 0 aromatic heterocycles. The number of para-hydroxylation sites is 2. The van der Waals surface area contributed by atoms with Gasteiger partial charge in [0.1, 0.15) is 12.7 Å². The third kappa shape index (κ3) is 4.45. The Morgan fingerprint density at radius 3 is 2.62 bits per heavy atom. The Balaban J connectivity index is 1.60. The summed E-state index contributed by atoms with van der Waals surface area (Å²) in [5, 5.41) is 2.81. The van der Waals surface area contributed by atoms with E-state index in [4.69, 9.17) is 9.47 Å². The van der Waals surface area contributed by atoms with Crippen molar-refractivity contribution in [2.24, 2.45) is 0 Å². The molecule has 8 heteroatoms. The Labute approximate surface area is 152 Å². The van der Waals surface area contributed by atoms with Gasteiger partial charge in [-0.2, -0.15) is 0 Å². The van der Waals surface area contributed by atoms with E-state index in [2.05, 4.69) is 10.0 Å². The molecule has 2 N–H and O–H groups in total. The van der Waals surface area contributed by atoms with Gasteiger partial charge >= 0.3 is 0 Å². The zero-order chi connectivity index (χ0) is 18.7. The molecule has 0 bridgehead atoms. The summed E-state index contributed by atoms with van der Waals surface area (Å²) in [6.45, 7) is 2.39. The highest BCUT2D eigenvalue weighted by Gasteiger charge is 2.21. The Bertz CT molecular complexity index is 927. The molecule has 0 spiro atoms. The van der Waals surface area contributed by atoms with E-state index in [9.17, 15) is 13.2 Å². The number of carbonyl (C=O) groups is 1. The van der Waals surface area contributed by atoms with E-state index < -0.39 is 10.0 Å². The third-order valence-corrected chi connectivity index (χ3v) is 4.43. The topological polar surface area (TPSA) is 93.7 Å². The Morgan fingerprint density at radius 2 is 1.92 bits per heavy atom. The van der Waals surface area contributed by atoms with Crippen molar-refractivity contribution in [3.63, 3.8) is 0 Å². The summed E-state index contributed by atoms with van der Waals surface area (Å²) < 4.78 is 36.5. The van der Waals surface area contributed by atoms with Gasteiger partial charge < -0.3 is 14.8 Å². The van der Waals surface area contributed by atoms with Crippen LogP contribution in [0.15, 0.2) is 42.5 Å². The molecule has 0 aliphatic carbocycles. The molecule has 0 saturated heterocycles. The number of amides is 1. The summed E-state index contributed by atoms with van der Waals surface area (Å²) in [4.78, 5) is 12.3.